The molecule has 1 N–H and O–H groups in total. The van der Waals surface area contributed by atoms with Crippen LogP contribution in [0.5, 0.6) is 5.75 Å². The molecule has 25 heavy (non-hydrogen) atoms. The highest BCUT2D eigenvalue weighted by Crippen LogP contribution is 2.25. The number of carbonyl (C=O) groups is 1. The first-order chi connectivity index (χ1) is 12.1. The molecule has 0 bridgehead atoms. The number of hydrogen-bond donors (Lipinski definition) is 1. The van der Waals surface area contributed by atoms with Gasteiger partial charge in [0, 0.05) is 22.5 Å². The number of methoxy groups -OCH3 is 1. The van der Waals surface area contributed by atoms with Gasteiger partial charge in [0.25, 0.3) is 0 Å². The van der Waals surface area contributed by atoms with Gasteiger partial charge in [-0.1, -0.05) is 35.9 Å². The second-order valence-electron chi connectivity index (χ2n) is 5.46. The zero-order valence-corrected chi connectivity index (χ0v) is 15.2. The number of ether oxygens (including phenoxy) is 1. The highest BCUT2D eigenvalue weighted by Gasteiger charge is 2.09. The fourth-order valence-electron chi connectivity index (χ4n) is 2.32. The molecule has 0 saturated carbocycles. The number of halogens is 1. The summed E-state index contributed by atoms with van der Waals surface area (Å²) >= 11 is 7.42. The van der Waals surface area contributed by atoms with Crippen molar-refractivity contribution in [3.05, 3.63) is 70.2 Å². The van der Waals surface area contributed by atoms with Gasteiger partial charge in [-0.25, -0.2) is 4.98 Å². The molecule has 2 aromatic carbocycles. The molecule has 0 aliphatic carbocycles. The predicted octanol–water partition coefficient (Wildman–Crippen LogP) is 4.33. The second kappa shape index (κ2) is 8.14. The fraction of sp³-hybridized carbons (Fsp3) is 0.158. The molecule has 0 radical (unpaired) electrons. The lowest BCUT2D eigenvalue weighted by atomic mass is 10.2. The minimum atomic E-state index is -0.0595. The molecule has 0 unspecified atom stereocenters. The van der Waals surface area contributed by atoms with Crippen molar-refractivity contribution < 1.29 is 9.53 Å². The molecule has 0 spiro atoms. The van der Waals surface area contributed by atoms with E-state index in [1.54, 1.807) is 7.11 Å². The SMILES string of the molecule is COc1cccc(CNC(=O)Cc2csc(-c3ccc(Cl)cc3)n2)c1. The Morgan fingerprint density at radius 1 is 1.24 bits per heavy atom. The van der Waals surface area contributed by atoms with Crippen LogP contribution in [0.1, 0.15) is 11.3 Å². The van der Waals surface area contributed by atoms with Gasteiger partial charge < -0.3 is 10.1 Å². The average molecular weight is 373 g/mol. The lowest BCUT2D eigenvalue weighted by Gasteiger charge is -2.06. The van der Waals surface area contributed by atoms with Crippen molar-refractivity contribution in [2.24, 2.45) is 0 Å². The standard InChI is InChI=1S/C19H17ClN2O2S/c1-24-17-4-2-3-13(9-17)11-21-18(23)10-16-12-25-19(22-16)14-5-7-15(20)8-6-14/h2-9,12H,10-11H2,1H3,(H,21,23). The first kappa shape index (κ1) is 17.5. The van der Waals surface area contributed by atoms with E-state index in [1.165, 1.54) is 11.3 Å². The Morgan fingerprint density at radius 3 is 2.80 bits per heavy atom. The second-order valence-corrected chi connectivity index (χ2v) is 6.75. The highest BCUT2D eigenvalue weighted by molar-refractivity contribution is 7.13. The molecule has 0 atom stereocenters. The minimum Gasteiger partial charge on any atom is -0.497 e. The van der Waals surface area contributed by atoms with Crippen LogP contribution in [-0.4, -0.2) is 18.0 Å². The number of nitrogens with zero attached hydrogens (tertiary/aromatic N) is 1. The number of amides is 1. The Labute approximate surface area is 155 Å². The molecule has 1 aromatic heterocycles. The first-order valence-corrected chi connectivity index (χ1v) is 9.00. The number of aromatic nitrogens is 1. The van der Waals surface area contributed by atoms with Crippen molar-refractivity contribution in [2.45, 2.75) is 13.0 Å². The number of carbonyl (C=O) groups excluding carboxylic acids is 1. The monoisotopic (exact) mass is 372 g/mol. The van der Waals surface area contributed by atoms with Gasteiger partial charge in [-0.3, -0.25) is 4.79 Å². The zero-order chi connectivity index (χ0) is 17.6. The summed E-state index contributed by atoms with van der Waals surface area (Å²) in [7, 11) is 1.62. The molecular formula is C19H17ClN2O2S. The van der Waals surface area contributed by atoms with E-state index in [4.69, 9.17) is 16.3 Å². The zero-order valence-electron chi connectivity index (χ0n) is 13.7. The smallest absolute Gasteiger partial charge is 0.226 e. The Morgan fingerprint density at radius 2 is 2.04 bits per heavy atom. The summed E-state index contributed by atoms with van der Waals surface area (Å²) in [6.45, 7) is 0.463. The van der Waals surface area contributed by atoms with E-state index in [0.29, 0.717) is 11.6 Å². The molecule has 3 aromatic rings. The van der Waals surface area contributed by atoms with Gasteiger partial charge in [0.15, 0.2) is 0 Å². The molecule has 1 heterocycles. The quantitative estimate of drug-likeness (QED) is 0.700. The third-order valence-electron chi connectivity index (χ3n) is 3.61. The summed E-state index contributed by atoms with van der Waals surface area (Å²) < 4.78 is 5.18. The molecule has 0 saturated heterocycles. The largest absolute Gasteiger partial charge is 0.497 e. The van der Waals surface area contributed by atoms with Crippen molar-refractivity contribution in [3.8, 4) is 16.3 Å². The van der Waals surface area contributed by atoms with Crippen LogP contribution in [0, 0.1) is 0 Å². The summed E-state index contributed by atoms with van der Waals surface area (Å²) in [4.78, 5) is 16.7. The van der Waals surface area contributed by atoms with Crippen LogP contribution < -0.4 is 10.1 Å². The lowest BCUT2D eigenvalue weighted by molar-refractivity contribution is -0.120. The van der Waals surface area contributed by atoms with Crippen molar-refractivity contribution in [1.29, 1.82) is 0 Å². The summed E-state index contributed by atoms with van der Waals surface area (Å²) in [5.74, 6) is 0.717. The van der Waals surface area contributed by atoms with Crippen LogP contribution in [0.3, 0.4) is 0 Å². The number of thiazole rings is 1. The average Bonchev–Trinajstić information content (AvgIpc) is 3.09. The Bertz CT molecular complexity index is 862. The van der Waals surface area contributed by atoms with Crippen LogP contribution in [0.4, 0.5) is 0 Å². The van der Waals surface area contributed by atoms with Crippen LogP contribution in [0.15, 0.2) is 53.9 Å². The highest BCUT2D eigenvalue weighted by atomic mass is 35.5. The Balaban J connectivity index is 1.57. The maximum atomic E-state index is 12.1. The maximum absolute atomic E-state index is 12.1. The van der Waals surface area contributed by atoms with Crippen LogP contribution in [0.2, 0.25) is 5.02 Å². The molecule has 4 nitrogen and oxygen atoms in total. The van der Waals surface area contributed by atoms with Crippen LogP contribution in [-0.2, 0) is 17.8 Å². The van der Waals surface area contributed by atoms with Gasteiger partial charge in [-0.15, -0.1) is 11.3 Å². The van der Waals surface area contributed by atoms with Gasteiger partial charge in [0.2, 0.25) is 5.91 Å². The molecule has 0 aliphatic heterocycles. The van der Waals surface area contributed by atoms with Gasteiger partial charge >= 0.3 is 0 Å². The van der Waals surface area contributed by atoms with E-state index in [2.05, 4.69) is 10.3 Å². The molecule has 128 valence electrons. The van der Waals surface area contributed by atoms with E-state index in [1.807, 2.05) is 53.9 Å². The van der Waals surface area contributed by atoms with E-state index in [-0.39, 0.29) is 12.3 Å². The van der Waals surface area contributed by atoms with E-state index in [0.717, 1.165) is 27.6 Å². The maximum Gasteiger partial charge on any atom is 0.226 e. The third-order valence-corrected chi connectivity index (χ3v) is 4.80. The summed E-state index contributed by atoms with van der Waals surface area (Å²) in [6.07, 6.45) is 0.258. The molecule has 1 amide bonds. The number of rotatable bonds is 6. The van der Waals surface area contributed by atoms with Gasteiger partial charge in [0.05, 0.1) is 19.2 Å². The number of hydrogen-bond acceptors (Lipinski definition) is 4. The topological polar surface area (TPSA) is 51.2 Å². The van der Waals surface area contributed by atoms with E-state index >= 15 is 0 Å². The van der Waals surface area contributed by atoms with Crippen molar-refractivity contribution >= 4 is 28.8 Å². The van der Waals surface area contributed by atoms with Gasteiger partial charge in [0.1, 0.15) is 10.8 Å². The van der Waals surface area contributed by atoms with E-state index < -0.39 is 0 Å². The Hall–Kier alpha value is -2.37. The van der Waals surface area contributed by atoms with Crippen molar-refractivity contribution in [3.63, 3.8) is 0 Å². The minimum absolute atomic E-state index is 0.0595. The van der Waals surface area contributed by atoms with Gasteiger partial charge in [-0.05, 0) is 29.8 Å². The summed E-state index contributed by atoms with van der Waals surface area (Å²) in [5.41, 5.74) is 2.75. The predicted molar refractivity (Wildman–Crippen MR) is 101 cm³/mol. The first-order valence-electron chi connectivity index (χ1n) is 7.74. The number of benzene rings is 2. The number of nitrogens with one attached hydrogen (secondary N) is 1. The van der Waals surface area contributed by atoms with E-state index in [9.17, 15) is 4.79 Å². The fourth-order valence-corrected chi connectivity index (χ4v) is 3.28. The third kappa shape index (κ3) is 4.81. The lowest BCUT2D eigenvalue weighted by Crippen LogP contribution is -2.24. The van der Waals surface area contributed by atoms with Crippen molar-refractivity contribution in [2.75, 3.05) is 7.11 Å². The molecule has 6 heteroatoms. The summed E-state index contributed by atoms with van der Waals surface area (Å²) in [5, 5.41) is 6.39. The van der Waals surface area contributed by atoms with Gasteiger partial charge in [-0.2, -0.15) is 0 Å². The molecular weight excluding hydrogens is 356 g/mol. The van der Waals surface area contributed by atoms with Crippen LogP contribution >= 0.6 is 22.9 Å². The Kier molecular flexibility index (Phi) is 5.68. The molecule has 0 aliphatic rings. The molecule has 0 fully saturated rings. The summed E-state index contributed by atoms with van der Waals surface area (Å²) in [6, 6.07) is 15.1. The normalized spacial score (nSPS) is 10.5. The van der Waals surface area contributed by atoms with Crippen LogP contribution in [0.25, 0.3) is 10.6 Å². The molecule has 3 rings (SSSR count). The van der Waals surface area contributed by atoms with Crippen molar-refractivity contribution in [1.82, 2.24) is 10.3 Å².